The molecule has 2 aliphatic carbocycles. The summed E-state index contributed by atoms with van der Waals surface area (Å²) in [6.45, 7) is 0.620. The quantitative estimate of drug-likeness (QED) is 0.0247. The number of benzene rings is 2. The number of rotatable bonds is 22. The van der Waals surface area contributed by atoms with Crippen LogP contribution in [0.25, 0.3) is 22.3 Å². The topological polar surface area (TPSA) is 283 Å². The van der Waals surface area contributed by atoms with Gasteiger partial charge in [-0.05, 0) is 79.7 Å². The van der Waals surface area contributed by atoms with Crippen molar-refractivity contribution in [2.75, 3.05) is 39.6 Å². The van der Waals surface area contributed by atoms with Crippen molar-refractivity contribution in [2.24, 2.45) is 5.92 Å². The Morgan fingerprint density at radius 1 is 0.907 bits per heavy atom. The molecule has 5 aliphatic rings. The summed E-state index contributed by atoms with van der Waals surface area (Å²) in [5, 5.41) is 25.4. The maximum atomic E-state index is 15.3. The van der Waals surface area contributed by atoms with Crippen LogP contribution in [0.1, 0.15) is 96.0 Å². The second kappa shape index (κ2) is 22.8. The van der Waals surface area contributed by atoms with Crippen LogP contribution in [0.5, 0.6) is 0 Å². The number of halogens is 1. The zero-order valence-corrected chi connectivity index (χ0v) is 41.2. The molecule has 22 heteroatoms. The average molecular weight is 1030 g/mol. The van der Waals surface area contributed by atoms with Crippen molar-refractivity contribution >= 4 is 58.3 Å². The Labute approximate surface area is 428 Å². The lowest BCUT2D eigenvalue weighted by Crippen LogP contribution is -2.51. The number of nitrogens with one attached hydrogen (secondary N) is 5. The first-order chi connectivity index (χ1) is 36.1. The van der Waals surface area contributed by atoms with Gasteiger partial charge in [-0.15, -0.1) is 0 Å². The third-order valence-electron chi connectivity index (χ3n) is 14.4. The fraction of sp³-hybridized carbons (Fsp3) is 0.434. The Balaban J connectivity index is 0.702. The van der Waals surface area contributed by atoms with Crippen LogP contribution in [-0.2, 0) is 78.6 Å². The molecule has 394 valence electrons. The molecule has 3 atom stereocenters. The number of fused-ring (bicyclic) bond motifs is 5. The van der Waals surface area contributed by atoms with Gasteiger partial charge in [-0.1, -0.05) is 36.8 Å². The van der Waals surface area contributed by atoms with Crippen molar-refractivity contribution in [3.63, 3.8) is 0 Å². The Bertz CT molecular complexity index is 3050. The Kier molecular flexibility index (Phi) is 15.9. The second-order valence-corrected chi connectivity index (χ2v) is 19.4. The largest absolute Gasteiger partial charge is 0.458 e. The van der Waals surface area contributed by atoms with Crippen LogP contribution < -0.4 is 32.1 Å². The fourth-order valence-corrected chi connectivity index (χ4v) is 10.4. The molecule has 1 saturated carbocycles. The van der Waals surface area contributed by atoms with Crippen molar-refractivity contribution in [3.8, 4) is 11.4 Å². The fourth-order valence-electron chi connectivity index (χ4n) is 10.4. The van der Waals surface area contributed by atoms with E-state index in [1.54, 1.807) is 47.9 Å². The Morgan fingerprint density at radius 3 is 2.45 bits per heavy atom. The summed E-state index contributed by atoms with van der Waals surface area (Å²) in [6, 6.07) is 10.8. The minimum absolute atomic E-state index is 0.0673. The van der Waals surface area contributed by atoms with Crippen LogP contribution in [0, 0.1) is 18.7 Å². The molecule has 0 bridgehead atoms. The van der Waals surface area contributed by atoms with Crippen molar-refractivity contribution in [3.05, 3.63) is 110 Å². The number of cyclic esters (lactones) is 1. The van der Waals surface area contributed by atoms with E-state index in [2.05, 4.69) is 26.6 Å². The molecule has 0 radical (unpaired) electrons. The number of hydrogen-bond donors (Lipinski definition) is 6. The summed E-state index contributed by atoms with van der Waals surface area (Å²) in [7, 11) is 0. The zero-order chi connectivity index (χ0) is 52.9. The molecule has 5 heterocycles. The molecule has 0 unspecified atom stereocenters. The molecule has 2 aromatic carbocycles. The number of aliphatic hydroxyl groups excluding tert-OH is 1. The number of pyridine rings is 2. The normalized spacial score (nSPS) is 19.3. The number of ether oxygens (including phenoxy) is 3. The maximum Gasteiger partial charge on any atom is 0.340 e. The summed E-state index contributed by atoms with van der Waals surface area (Å²) >= 11 is 0. The first-order valence-corrected chi connectivity index (χ1v) is 25.1. The summed E-state index contributed by atoms with van der Waals surface area (Å²) < 4.78 is 32.8. The van der Waals surface area contributed by atoms with Gasteiger partial charge in [0.25, 0.3) is 23.3 Å². The molecule has 0 spiro atoms. The summed E-state index contributed by atoms with van der Waals surface area (Å²) in [5.41, 5.74) is 5.43. The van der Waals surface area contributed by atoms with Gasteiger partial charge >= 0.3 is 11.9 Å². The molecule has 2 aromatic heterocycles. The van der Waals surface area contributed by atoms with Gasteiger partial charge in [-0.3, -0.25) is 43.3 Å². The lowest BCUT2D eigenvalue weighted by molar-refractivity contribution is -0.157. The molecule has 1 fully saturated rings. The van der Waals surface area contributed by atoms with Gasteiger partial charge in [0.1, 0.15) is 31.7 Å². The van der Waals surface area contributed by atoms with E-state index in [9.17, 15) is 48.3 Å². The van der Waals surface area contributed by atoms with Crippen LogP contribution in [0.15, 0.2) is 59.4 Å². The molecular formula is C53H57FN8O13. The third kappa shape index (κ3) is 11.7. The molecule has 6 N–H and O–H groups in total. The van der Waals surface area contributed by atoms with Gasteiger partial charge in [-0.2, -0.15) is 0 Å². The minimum Gasteiger partial charge on any atom is -0.458 e. The Hall–Kier alpha value is -7.69. The Morgan fingerprint density at radius 2 is 1.68 bits per heavy atom. The van der Waals surface area contributed by atoms with E-state index >= 15 is 4.39 Å². The summed E-state index contributed by atoms with van der Waals surface area (Å²) in [6.07, 6.45) is 5.42. The first kappa shape index (κ1) is 52.2. The highest BCUT2D eigenvalue weighted by atomic mass is 19.1. The number of hydrogen-bond acceptors (Lipinski definition) is 15. The van der Waals surface area contributed by atoms with Crippen molar-refractivity contribution in [2.45, 2.75) is 102 Å². The van der Waals surface area contributed by atoms with Gasteiger partial charge in [0.15, 0.2) is 12.7 Å². The molecule has 0 saturated heterocycles. The van der Waals surface area contributed by atoms with E-state index in [1.807, 2.05) is 0 Å². The van der Waals surface area contributed by atoms with Crippen molar-refractivity contribution in [1.29, 1.82) is 0 Å². The van der Waals surface area contributed by atoms with Gasteiger partial charge in [0.2, 0.25) is 17.7 Å². The molecular weight excluding hydrogens is 976 g/mol. The highest BCUT2D eigenvalue weighted by Gasteiger charge is 2.39. The van der Waals surface area contributed by atoms with Crippen LogP contribution in [0.3, 0.4) is 0 Å². The SMILES string of the molecule is Cc1c(F)cc2nc3c(c4c2c1CC[C@@H]4NC1CC(COCNC(=O)CNC(=O)[C@H](Cc2ccccc2)NC(=O)COC(=O)CNC(=O)CCCCCN2C(=O)C=CC2=O)C1)Cn1c-3cc2c(c1=O)COC(=O)[C@H]2O. The van der Waals surface area contributed by atoms with Crippen LogP contribution in [-0.4, -0.2) is 119 Å². The van der Waals surface area contributed by atoms with Gasteiger partial charge < -0.3 is 50.5 Å². The summed E-state index contributed by atoms with van der Waals surface area (Å²) in [4.78, 5) is 119. The highest BCUT2D eigenvalue weighted by molar-refractivity contribution is 6.12. The van der Waals surface area contributed by atoms with Crippen LogP contribution >= 0.6 is 0 Å². The summed E-state index contributed by atoms with van der Waals surface area (Å²) in [5.74, 6) is -5.00. The minimum atomic E-state index is -1.60. The van der Waals surface area contributed by atoms with Gasteiger partial charge in [0, 0.05) is 66.2 Å². The predicted molar refractivity (Wildman–Crippen MR) is 263 cm³/mol. The van der Waals surface area contributed by atoms with Crippen LogP contribution in [0.2, 0.25) is 0 Å². The van der Waals surface area contributed by atoms with E-state index in [0.717, 1.165) is 39.8 Å². The van der Waals surface area contributed by atoms with E-state index in [0.29, 0.717) is 66.7 Å². The standard InChI is InChI=1S/C53H57FN8O13/c1-28-32-11-12-37(48-34-23-62-40(49(34)60-38(47(32)48)20-36(28)54)19-33-35(52(62)71)25-75-53(72)50(33)69)58-31-16-30(17-31)24-73-27-57-42(64)21-56-51(70)39(18-29-8-4-2-5-9-29)59-43(65)26-74-46(68)22-55-41(63)10-6-3-7-15-61-44(66)13-14-45(61)67/h2,4-5,8-9,13-14,19-20,30-31,37,39,50,58,69H,3,6-7,10-12,15-18,21-27H2,1H3,(H,55,63)(H,56,70)(H,57,64)(H,59,65)/t30?,31?,37-,39-,50-/m0/s1. The molecule has 6 amide bonds. The second-order valence-electron chi connectivity index (χ2n) is 19.4. The average Bonchev–Trinajstić information content (AvgIpc) is 3.92. The number of aromatic nitrogens is 2. The van der Waals surface area contributed by atoms with Crippen molar-refractivity contribution in [1.82, 2.24) is 41.0 Å². The predicted octanol–water partition coefficient (Wildman–Crippen LogP) is 1.40. The lowest BCUT2D eigenvalue weighted by Gasteiger charge is -2.40. The lowest BCUT2D eigenvalue weighted by atomic mass is 9.77. The number of imide groups is 1. The smallest absolute Gasteiger partial charge is 0.340 e. The zero-order valence-electron chi connectivity index (χ0n) is 41.2. The monoisotopic (exact) mass is 1030 g/mol. The molecule has 75 heavy (non-hydrogen) atoms. The number of esters is 2. The van der Waals surface area contributed by atoms with E-state index in [4.69, 9.17) is 19.2 Å². The van der Waals surface area contributed by atoms with Gasteiger partial charge in [-0.25, -0.2) is 14.2 Å². The molecule has 3 aliphatic heterocycles. The number of carbonyl (C=O) groups excluding carboxylic acids is 8. The molecule has 4 aromatic rings. The first-order valence-electron chi connectivity index (χ1n) is 25.1. The third-order valence-corrected chi connectivity index (χ3v) is 14.4. The number of carbonyl (C=O) groups is 8. The maximum absolute atomic E-state index is 15.3. The van der Waals surface area contributed by atoms with Crippen LogP contribution in [0.4, 0.5) is 4.39 Å². The molecule has 9 rings (SSSR count). The van der Waals surface area contributed by atoms with Gasteiger partial charge in [0.05, 0.1) is 42.2 Å². The number of nitrogens with zero attached hydrogens (tertiary/aromatic N) is 3. The van der Waals surface area contributed by atoms with Crippen molar-refractivity contribution < 1.29 is 62.1 Å². The number of aliphatic hydroxyl groups is 1. The number of unbranched alkanes of at least 4 members (excludes halogenated alkanes) is 2. The molecule has 21 nitrogen and oxygen atoms in total. The van der Waals surface area contributed by atoms with E-state index in [-0.39, 0.29) is 91.6 Å². The van der Waals surface area contributed by atoms with E-state index < -0.39 is 67.4 Å². The number of amides is 6. The highest BCUT2D eigenvalue weighted by Crippen LogP contribution is 2.46. The number of aryl methyl sites for hydroxylation is 1. The van der Waals surface area contributed by atoms with E-state index in [1.165, 1.54) is 18.2 Å².